The van der Waals surface area contributed by atoms with Crippen molar-refractivity contribution in [1.82, 2.24) is 10.6 Å². The number of carbonyl (C=O) groups is 1. The van der Waals surface area contributed by atoms with Crippen molar-refractivity contribution in [2.75, 3.05) is 13.1 Å². The summed E-state index contributed by atoms with van der Waals surface area (Å²) < 4.78 is 0. The van der Waals surface area contributed by atoms with Crippen LogP contribution in [0.4, 0.5) is 0 Å². The quantitative estimate of drug-likeness (QED) is 0.748. The minimum Gasteiger partial charge on any atom is -0.354 e. The van der Waals surface area contributed by atoms with Crippen LogP contribution in [0.5, 0.6) is 0 Å². The summed E-state index contributed by atoms with van der Waals surface area (Å²) in [5.74, 6) is 0.222. The van der Waals surface area contributed by atoms with Crippen LogP contribution in [-0.2, 0) is 4.79 Å². The highest BCUT2D eigenvalue weighted by Crippen LogP contribution is 2.44. The van der Waals surface area contributed by atoms with Crippen LogP contribution >= 0.6 is 0 Å². The zero-order chi connectivity index (χ0) is 11.4. The lowest BCUT2D eigenvalue weighted by molar-refractivity contribution is -0.123. The van der Waals surface area contributed by atoms with Crippen molar-refractivity contribution in [3.63, 3.8) is 0 Å². The summed E-state index contributed by atoms with van der Waals surface area (Å²) in [5, 5.41) is 6.40. The van der Waals surface area contributed by atoms with E-state index >= 15 is 0 Å². The van der Waals surface area contributed by atoms with Crippen LogP contribution in [0.25, 0.3) is 0 Å². The van der Waals surface area contributed by atoms with Gasteiger partial charge in [-0.3, -0.25) is 4.79 Å². The fraction of sp³-hybridized carbons (Fsp3) is 0.923. The number of carbonyl (C=O) groups excluding carboxylic acids is 1. The molecule has 1 heterocycles. The van der Waals surface area contributed by atoms with Gasteiger partial charge in [-0.25, -0.2) is 0 Å². The molecular weight excluding hydrogens is 200 g/mol. The number of rotatable bonds is 5. The van der Waals surface area contributed by atoms with Crippen LogP contribution in [0.15, 0.2) is 0 Å². The van der Waals surface area contributed by atoms with Crippen LogP contribution in [0.3, 0.4) is 0 Å². The van der Waals surface area contributed by atoms with E-state index in [0.29, 0.717) is 5.41 Å². The molecule has 2 N–H and O–H groups in total. The Morgan fingerprint density at radius 2 is 2.25 bits per heavy atom. The molecule has 0 aromatic carbocycles. The van der Waals surface area contributed by atoms with Gasteiger partial charge in [-0.05, 0) is 44.1 Å². The number of nitrogens with one attached hydrogen (secondary N) is 2. The van der Waals surface area contributed by atoms with Gasteiger partial charge in [0.2, 0.25) is 5.91 Å². The molecule has 0 bridgehead atoms. The third kappa shape index (κ3) is 2.57. The van der Waals surface area contributed by atoms with E-state index in [2.05, 4.69) is 17.6 Å². The third-order valence-corrected chi connectivity index (χ3v) is 4.21. The summed E-state index contributed by atoms with van der Waals surface area (Å²) in [7, 11) is 0. The molecule has 1 unspecified atom stereocenters. The first kappa shape index (κ1) is 11.9. The van der Waals surface area contributed by atoms with Crippen LogP contribution in [0, 0.1) is 5.41 Å². The molecule has 1 atom stereocenters. The Bertz CT molecular complexity index is 242. The maximum Gasteiger partial charge on any atom is 0.237 e. The van der Waals surface area contributed by atoms with Crippen molar-refractivity contribution in [3.8, 4) is 0 Å². The summed E-state index contributed by atoms with van der Waals surface area (Å²) in [5.41, 5.74) is 0.447. The van der Waals surface area contributed by atoms with E-state index in [4.69, 9.17) is 0 Å². The summed E-state index contributed by atoms with van der Waals surface area (Å²) in [6.45, 7) is 4.14. The SMILES string of the molecule is CCCC1(CNC(=O)C2CCCN2)CCC1. The Morgan fingerprint density at radius 3 is 2.75 bits per heavy atom. The van der Waals surface area contributed by atoms with E-state index in [0.717, 1.165) is 25.9 Å². The molecule has 0 spiro atoms. The van der Waals surface area contributed by atoms with Crippen molar-refractivity contribution in [2.24, 2.45) is 5.41 Å². The molecule has 16 heavy (non-hydrogen) atoms. The lowest BCUT2D eigenvalue weighted by atomic mass is 9.66. The molecule has 2 rings (SSSR count). The minimum absolute atomic E-state index is 0.0822. The molecule has 0 aromatic heterocycles. The zero-order valence-electron chi connectivity index (χ0n) is 10.3. The first-order chi connectivity index (χ1) is 7.76. The average molecular weight is 224 g/mol. The predicted molar refractivity (Wildman–Crippen MR) is 65.2 cm³/mol. The molecule has 1 aliphatic carbocycles. The van der Waals surface area contributed by atoms with E-state index < -0.39 is 0 Å². The molecule has 3 nitrogen and oxygen atoms in total. The van der Waals surface area contributed by atoms with Crippen molar-refractivity contribution < 1.29 is 4.79 Å². The van der Waals surface area contributed by atoms with E-state index in [9.17, 15) is 4.79 Å². The number of amides is 1. The normalized spacial score (nSPS) is 27.4. The average Bonchev–Trinajstić information content (AvgIpc) is 2.74. The fourth-order valence-electron chi connectivity index (χ4n) is 3.03. The monoisotopic (exact) mass is 224 g/mol. The van der Waals surface area contributed by atoms with E-state index in [1.807, 2.05) is 0 Å². The molecule has 1 saturated carbocycles. The molecule has 92 valence electrons. The van der Waals surface area contributed by atoms with Gasteiger partial charge < -0.3 is 10.6 Å². The van der Waals surface area contributed by atoms with Gasteiger partial charge in [0.25, 0.3) is 0 Å². The van der Waals surface area contributed by atoms with Crippen LogP contribution in [0.2, 0.25) is 0 Å². The van der Waals surface area contributed by atoms with Crippen molar-refractivity contribution in [3.05, 3.63) is 0 Å². The second-order valence-corrected chi connectivity index (χ2v) is 5.47. The maximum absolute atomic E-state index is 11.9. The van der Waals surface area contributed by atoms with Crippen molar-refractivity contribution >= 4 is 5.91 Å². The minimum atomic E-state index is 0.0822. The Balaban J connectivity index is 1.74. The van der Waals surface area contributed by atoms with Gasteiger partial charge in [0.15, 0.2) is 0 Å². The van der Waals surface area contributed by atoms with Gasteiger partial charge >= 0.3 is 0 Å². The van der Waals surface area contributed by atoms with Crippen LogP contribution in [0.1, 0.15) is 51.9 Å². The predicted octanol–water partition coefficient (Wildman–Crippen LogP) is 1.82. The Hall–Kier alpha value is -0.570. The third-order valence-electron chi connectivity index (χ3n) is 4.21. The molecule has 1 amide bonds. The summed E-state index contributed by atoms with van der Waals surface area (Å²) in [6, 6.07) is 0.0822. The standard InChI is InChI=1S/C13H24N2O/c1-2-6-13(7-4-8-13)10-15-12(16)11-5-3-9-14-11/h11,14H,2-10H2,1H3,(H,15,16). The zero-order valence-corrected chi connectivity index (χ0v) is 10.3. The second-order valence-electron chi connectivity index (χ2n) is 5.47. The molecule has 2 aliphatic rings. The van der Waals surface area contributed by atoms with E-state index in [1.54, 1.807) is 0 Å². The molecule has 3 heteroatoms. The van der Waals surface area contributed by atoms with E-state index in [1.165, 1.54) is 32.1 Å². The first-order valence-electron chi connectivity index (χ1n) is 6.77. The summed E-state index contributed by atoms with van der Waals surface area (Å²) >= 11 is 0. The maximum atomic E-state index is 11.9. The van der Waals surface area contributed by atoms with Crippen LogP contribution in [-0.4, -0.2) is 25.0 Å². The second kappa shape index (κ2) is 5.17. The summed E-state index contributed by atoms with van der Waals surface area (Å²) in [4.78, 5) is 11.9. The highest BCUT2D eigenvalue weighted by molar-refractivity contribution is 5.82. The molecule has 2 fully saturated rings. The van der Waals surface area contributed by atoms with Gasteiger partial charge in [0, 0.05) is 6.54 Å². The highest BCUT2D eigenvalue weighted by atomic mass is 16.2. The highest BCUT2D eigenvalue weighted by Gasteiger charge is 2.36. The topological polar surface area (TPSA) is 41.1 Å². The van der Waals surface area contributed by atoms with Gasteiger partial charge in [-0.1, -0.05) is 19.8 Å². The smallest absolute Gasteiger partial charge is 0.237 e. The van der Waals surface area contributed by atoms with Crippen molar-refractivity contribution in [1.29, 1.82) is 0 Å². The van der Waals surface area contributed by atoms with Crippen LogP contribution < -0.4 is 10.6 Å². The van der Waals surface area contributed by atoms with Gasteiger partial charge in [0.1, 0.15) is 0 Å². The van der Waals surface area contributed by atoms with Crippen molar-refractivity contribution in [2.45, 2.75) is 57.9 Å². The molecular formula is C13H24N2O. The number of hydrogen-bond acceptors (Lipinski definition) is 2. The summed E-state index contributed by atoms with van der Waals surface area (Å²) in [6.07, 6.45) is 8.60. The van der Waals surface area contributed by atoms with E-state index in [-0.39, 0.29) is 11.9 Å². The molecule has 0 radical (unpaired) electrons. The number of hydrogen-bond donors (Lipinski definition) is 2. The molecule has 0 aromatic rings. The lowest BCUT2D eigenvalue weighted by Crippen LogP contribution is -2.47. The lowest BCUT2D eigenvalue weighted by Gasteiger charge is -2.42. The van der Waals surface area contributed by atoms with Gasteiger partial charge in [-0.15, -0.1) is 0 Å². The molecule has 1 aliphatic heterocycles. The Kier molecular flexibility index (Phi) is 3.85. The Labute approximate surface area is 98.4 Å². The first-order valence-corrected chi connectivity index (χ1v) is 6.77. The fourth-order valence-corrected chi connectivity index (χ4v) is 3.03. The molecule has 1 saturated heterocycles. The Morgan fingerprint density at radius 1 is 1.44 bits per heavy atom. The van der Waals surface area contributed by atoms with Gasteiger partial charge in [-0.2, -0.15) is 0 Å². The van der Waals surface area contributed by atoms with Gasteiger partial charge in [0.05, 0.1) is 6.04 Å². The largest absolute Gasteiger partial charge is 0.354 e.